The monoisotopic (exact) mass is 388 g/mol. The molecule has 2 fully saturated rings. The molecular formula is C19H21ClN4O3. The van der Waals surface area contributed by atoms with E-state index in [1.165, 1.54) is 0 Å². The molecule has 27 heavy (non-hydrogen) atoms. The van der Waals surface area contributed by atoms with Crippen molar-refractivity contribution in [2.24, 2.45) is 5.92 Å². The highest BCUT2D eigenvalue weighted by Crippen LogP contribution is 2.38. The van der Waals surface area contributed by atoms with E-state index in [1.54, 1.807) is 24.0 Å². The van der Waals surface area contributed by atoms with Gasteiger partial charge < -0.3 is 14.7 Å². The van der Waals surface area contributed by atoms with Crippen molar-refractivity contribution in [3.8, 4) is 0 Å². The lowest BCUT2D eigenvalue weighted by Crippen LogP contribution is -2.47. The van der Waals surface area contributed by atoms with Gasteiger partial charge in [-0.2, -0.15) is 4.98 Å². The number of nitrogens with zero attached hydrogens (tertiary/aromatic N) is 3. The van der Waals surface area contributed by atoms with Crippen molar-refractivity contribution in [2.45, 2.75) is 44.6 Å². The van der Waals surface area contributed by atoms with Crippen LogP contribution in [0.5, 0.6) is 0 Å². The second-order valence-corrected chi connectivity index (χ2v) is 7.68. The lowest BCUT2D eigenvalue weighted by Gasteiger charge is -2.28. The van der Waals surface area contributed by atoms with Gasteiger partial charge in [-0.25, -0.2) is 0 Å². The van der Waals surface area contributed by atoms with Gasteiger partial charge in [0, 0.05) is 19.9 Å². The van der Waals surface area contributed by atoms with Gasteiger partial charge in [-0.1, -0.05) is 41.7 Å². The molecule has 8 heteroatoms. The topological polar surface area (TPSA) is 88.3 Å². The molecule has 2 heterocycles. The molecule has 0 bridgehead atoms. The lowest BCUT2D eigenvalue weighted by atomic mass is 9.94. The highest BCUT2D eigenvalue weighted by atomic mass is 35.5. The van der Waals surface area contributed by atoms with Crippen LogP contribution in [-0.2, 0) is 15.1 Å². The molecule has 1 N–H and O–H groups in total. The fourth-order valence-corrected chi connectivity index (χ4v) is 4.24. The summed E-state index contributed by atoms with van der Waals surface area (Å²) in [5.41, 5.74) is 0.0410. The third kappa shape index (κ3) is 3.32. The predicted octanol–water partition coefficient (Wildman–Crippen LogP) is 2.97. The summed E-state index contributed by atoms with van der Waals surface area (Å²) in [4.78, 5) is 31.4. The first-order valence-electron chi connectivity index (χ1n) is 9.16. The number of hydrogen-bond acceptors (Lipinski definition) is 5. The zero-order valence-corrected chi connectivity index (χ0v) is 15.8. The number of rotatable bonds is 4. The zero-order chi connectivity index (χ0) is 19.0. The minimum Gasteiger partial charge on any atom is -0.343 e. The molecule has 2 amide bonds. The molecule has 1 aromatic heterocycles. The van der Waals surface area contributed by atoms with Crippen molar-refractivity contribution in [1.29, 1.82) is 0 Å². The molecule has 1 aromatic carbocycles. The van der Waals surface area contributed by atoms with Crippen LogP contribution in [0.15, 0.2) is 28.8 Å². The van der Waals surface area contributed by atoms with E-state index in [4.69, 9.17) is 16.1 Å². The number of benzene rings is 1. The SMILES string of the molecule is Cc1nc(C2(NC(=O)C3CC(=O)N(c4ccccc4Cl)C3)CCCC2)no1. The number of aromatic nitrogens is 2. The van der Waals surface area contributed by atoms with Crippen LogP contribution in [0.1, 0.15) is 43.8 Å². The summed E-state index contributed by atoms with van der Waals surface area (Å²) in [7, 11) is 0. The van der Waals surface area contributed by atoms with E-state index < -0.39 is 11.5 Å². The summed E-state index contributed by atoms with van der Waals surface area (Å²) < 4.78 is 5.12. The van der Waals surface area contributed by atoms with Gasteiger partial charge in [-0.3, -0.25) is 9.59 Å². The smallest absolute Gasteiger partial charge is 0.227 e. The first kappa shape index (κ1) is 18.0. The van der Waals surface area contributed by atoms with Crippen molar-refractivity contribution in [1.82, 2.24) is 15.5 Å². The Labute approximate surface area is 162 Å². The van der Waals surface area contributed by atoms with Crippen LogP contribution in [0.2, 0.25) is 5.02 Å². The molecule has 0 radical (unpaired) electrons. The van der Waals surface area contributed by atoms with Gasteiger partial charge in [0.25, 0.3) is 0 Å². The van der Waals surface area contributed by atoms with E-state index in [1.807, 2.05) is 12.1 Å². The first-order chi connectivity index (χ1) is 13.0. The molecule has 2 aromatic rings. The Balaban J connectivity index is 1.51. The number of nitrogens with one attached hydrogen (secondary N) is 1. The van der Waals surface area contributed by atoms with Crippen molar-refractivity contribution in [3.63, 3.8) is 0 Å². The summed E-state index contributed by atoms with van der Waals surface area (Å²) >= 11 is 6.22. The molecule has 142 valence electrons. The molecule has 1 aliphatic carbocycles. The average molecular weight is 389 g/mol. The fraction of sp³-hybridized carbons (Fsp3) is 0.474. The molecule has 0 spiro atoms. The van der Waals surface area contributed by atoms with Gasteiger partial charge in [0.1, 0.15) is 5.54 Å². The molecule has 7 nitrogen and oxygen atoms in total. The Bertz CT molecular complexity index is 875. The molecule has 1 saturated heterocycles. The summed E-state index contributed by atoms with van der Waals surface area (Å²) in [6.45, 7) is 2.05. The van der Waals surface area contributed by atoms with E-state index in [0.717, 1.165) is 25.7 Å². The van der Waals surface area contributed by atoms with E-state index in [0.29, 0.717) is 29.0 Å². The molecule has 1 unspecified atom stereocenters. The number of hydrogen-bond donors (Lipinski definition) is 1. The van der Waals surface area contributed by atoms with Gasteiger partial charge in [0.05, 0.1) is 16.6 Å². The van der Waals surface area contributed by atoms with Crippen molar-refractivity contribution in [2.75, 3.05) is 11.4 Å². The molecule has 2 aliphatic rings. The highest BCUT2D eigenvalue weighted by Gasteiger charge is 2.44. The van der Waals surface area contributed by atoms with Crippen LogP contribution in [0, 0.1) is 12.8 Å². The van der Waals surface area contributed by atoms with Crippen molar-refractivity contribution in [3.05, 3.63) is 41.0 Å². The van der Waals surface area contributed by atoms with Gasteiger partial charge in [-0.15, -0.1) is 0 Å². The van der Waals surface area contributed by atoms with Crippen LogP contribution in [0.25, 0.3) is 0 Å². The number of aryl methyl sites for hydroxylation is 1. The van der Waals surface area contributed by atoms with Crippen LogP contribution in [0.3, 0.4) is 0 Å². The maximum Gasteiger partial charge on any atom is 0.227 e. The minimum atomic E-state index is -0.601. The third-order valence-electron chi connectivity index (χ3n) is 5.41. The number of carbonyl (C=O) groups excluding carboxylic acids is 2. The Kier molecular flexibility index (Phi) is 4.63. The standard InChI is InChI=1S/C19H21ClN4O3/c1-12-21-18(23-27-12)19(8-4-5-9-19)22-17(26)13-10-16(25)24(11-13)15-7-3-2-6-14(15)20/h2-3,6-7,13H,4-5,8-11H2,1H3,(H,22,26). The van der Waals surface area contributed by atoms with Gasteiger partial charge in [-0.05, 0) is 25.0 Å². The summed E-state index contributed by atoms with van der Waals surface area (Å²) in [5.74, 6) is 0.324. The van der Waals surface area contributed by atoms with Crippen LogP contribution in [0.4, 0.5) is 5.69 Å². The highest BCUT2D eigenvalue weighted by molar-refractivity contribution is 6.33. The molecule has 1 aliphatic heterocycles. The maximum atomic E-state index is 13.0. The predicted molar refractivity (Wildman–Crippen MR) is 99.2 cm³/mol. The number of anilines is 1. The molecular weight excluding hydrogens is 368 g/mol. The number of amides is 2. The van der Waals surface area contributed by atoms with Crippen LogP contribution < -0.4 is 10.2 Å². The van der Waals surface area contributed by atoms with Crippen molar-refractivity contribution < 1.29 is 14.1 Å². The Morgan fingerprint density at radius 1 is 1.33 bits per heavy atom. The Morgan fingerprint density at radius 2 is 2.07 bits per heavy atom. The van der Waals surface area contributed by atoms with E-state index in [-0.39, 0.29) is 18.2 Å². The number of carbonyl (C=O) groups is 2. The van der Waals surface area contributed by atoms with Crippen LogP contribution >= 0.6 is 11.6 Å². The largest absolute Gasteiger partial charge is 0.343 e. The van der Waals surface area contributed by atoms with E-state index in [9.17, 15) is 9.59 Å². The van der Waals surface area contributed by atoms with E-state index in [2.05, 4.69) is 15.5 Å². The van der Waals surface area contributed by atoms with Crippen molar-refractivity contribution >= 4 is 29.1 Å². The summed E-state index contributed by atoms with van der Waals surface area (Å²) in [6, 6.07) is 7.17. The van der Waals surface area contributed by atoms with Crippen LogP contribution in [-0.4, -0.2) is 28.5 Å². The second-order valence-electron chi connectivity index (χ2n) is 7.27. The lowest BCUT2D eigenvalue weighted by molar-refractivity contribution is -0.128. The second kappa shape index (κ2) is 6.96. The summed E-state index contributed by atoms with van der Waals surface area (Å²) in [6.07, 6.45) is 3.68. The normalized spacial score (nSPS) is 21.6. The third-order valence-corrected chi connectivity index (χ3v) is 5.73. The van der Waals surface area contributed by atoms with Gasteiger partial charge in [0.2, 0.25) is 17.7 Å². The zero-order valence-electron chi connectivity index (χ0n) is 15.1. The fourth-order valence-electron chi connectivity index (χ4n) is 4.00. The Morgan fingerprint density at radius 3 is 2.74 bits per heavy atom. The molecule has 1 saturated carbocycles. The van der Waals surface area contributed by atoms with E-state index >= 15 is 0 Å². The summed E-state index contributed by atoms with van der Waals surface area (Å²) in [5, 5.41) is 7.68. The Hall–Kier alpha value is -2.41. The minimum absolute atomic E-state index is 0.0980. The molecule has 4 rings (SSSR count). The first-order valence-corrected chi connectivity index (χ1v) is 9.54. The molecule has 1 atom stereocenters. The quantitative estimate of drug-likeness (QED) is 0.869. The van der Waals surface area contributed by atoms with Gasteiger partial charge >= 0.3 is 0 Å². The maximum absolute atomic E-state index is 13.0. The van der Waals surface area contributed by atoms with Gasteiger partial charge in [0.15, 0.2) is 5.82 Å². The number of para-hydroxylation sites is 1. The average Bonchev–Trinajstić information content (AvgIpc) is 3.36. The number of halogens is 1.